The van der Waals surface area contributed by atoms with Crippen LogP contribution >= 0.6 is 15.6 Å². The van der Waals surface area contributed by atoms with Crippen LogP contribution in [0.2, 0.25) is 0 Å². The van der Waals surface area contributed by atoms with E-state index < -0.39 is 84.8 Å². The minimum absolute atomic E-state index is 0.0947. The summed E-state index contributed by atoms with van der Waals surface area (Å²) in [5.41, 5.74) is 0. The van der Waals surface area contributed by atoms with Crippen LogP contribution in [0.1, 0.15) is 25.7 Å². The van der Waals surface area contributed by atoms with E-state index in [4.69, 9.17) is 27.6 Å². The van der Waals surface area contributed by atoms with Crippen LogP contribution in [0.3, 0.4) is 0 Å². The highest BCUT2D eigenvalue weighted by Crippen LogP contribution is 2.43. The Morgan fingerprint density at radius 3 is 1.34 bits per heavy atom. The molecule has 0 aliphatic rings. The zero-order valence-electron chi connectivity index (χ0n) is 27.0. The van der Waals surface area contributed by atoms with Gasteiger partial charge < -0.3 is 59.6 Å². The van der Waals surface area contributed by atoms with E-state index in [0.717, 1.165) is 0 Å². The lowest BCUT2D eigenvalue weighted by Crippen LogP contribution is -2.41. The molecule has 4 amide bonds. The van der Waals surface area contributed by atoms with Gasteiger partial charge in [0.25, 0.3) is 12.9 Å². The average molecular weight is 767 g/mol. The zero-order valence-corrected chi connectivity index (χ0v) is 28.8. The van der Waals surface area contributed by atoms with Crippen molar-refractivity contribution >= 4 is 59.0 Å². The monoisotopic (exact) mass is 766 g/mol. The molecule has 0 aliphatic carbocycles. The molecule has 0 heterocycles. The third-order valence-corrected chi connectivity index (χ3v) is 7.27. The number of amides is 4. The van der Waals surface area contributed by atoms with Crippen LogP contribution in [-0.4, -0.2) is 144 Å². The fourth-order valence-corrected chi connectivity index (χ4v) is 4.71. The molecule has 0 saturated heterocycles. The third-order valence-electron chi connectivity index (χ3n) is 5.31. The Labute approximate surface area is 286 Å². The van der Waals surface area contributed by atoms with Crippen molar-refractivity contribution in [1.82, 2.24) is 21.3 Å². The Morgan fingerprint density at radius 2 is 0.980 bits per heavy atom. The Kier molecular flexibility index (Phi) is 27.4. The van der Waals surface area contributed by atoms with Gasteiger partial charge in [0.05, 0.1) is 77.8 Å². The number of aldehydes is 2. The summed E-state index contributed by atoms with van der Waals surface area (Å²) in [4.78, 5) is 96.6. The second-order valence-corrected chi connectivity index (χ2v) is 12.3. The molecule has 288 valence electrons. The van der Waals surface area contributed by atoms with Crippen molar-refractivity contribution in [1.29, 1.82) is 0 Å². The minimum Gasteiger partial charge on any atom is -0.468 e. The molecule has 0 spiro atoms. The van der Waals surface area contributed by atoms with E-state index in [1.165, 1.54) is 0 Å². The number of phosphoric ester groups is 2. The predicted molar refractivity (Wildman–Crippen MR) is 165 cm³/mol. The smallest absolute Gasteiger partial charge is 0.468 e. The second kappa shape index (κ2) is 29.4. The van der Waals surface area contributed by atoms with E-state index in [-0.39, 0.29) is 65.7 Å². The average Bonchev–Trinajstić information content (AvgIpc) is 3.06. The molecule has 0 bridgehead atoms. The van der Waals surface area contributed by atoms with Crippen molar-refractivity contribution in [3.63, 3.8) is 0 Å². The molecule has 25 heteroatoms. The molecular formula is C25H44N4O19P2. The molecule has 6 N–H and O–H groups in total. The number of nitrogens with one attached hydrogen (secondary N) is 4. The SMILES string of the molecule is O=CCC(=O)N[C@H](COCCCOC=O)COP(=O)(O)OCCNC(=O)NCCOP(=O)(O)OC[C@@H](COCCCOC=O)NC(=O)CC=O. The maximum absolute atomic E-state index is 12.2. The summed E-state index contributed by atoms with van der Waals surface area (Å²) in [6, 6.07) is -2.69. The van der Waals surface area contributed by atoms with Crippen LogP contribution < -0.4 is 21.3 Å². The summed E-state index contributed by atoms with van der Waals surface area (Å²) < 4.78 is 63.2. The highest BCUT2D eigenvalue weighted by atomic mass is 31.2. The Bertz CT molecular complexity index is 1040. The number of carbonyl (C=O) groups is 7. The van der Waals surface area contributed by atoms with E-state index in [1.54, 1.807) is 0 Å². The number of carbonyl (C=O) groups excluding carboxylic acids is 7. The first kappa shape index (κ1) is 46.6. The van der Waals surface area contributed by atoms with Crippen molar-refractivity contribution in [2.75, 3.05) is 79.2 Å². The molecular weight excluding hydrogens is 722 g/mol. The van der Waals surface area contributed by atoms with Gasteiger partial charge in [-0.3, -0.25) is 37.3 Å². The molecule has 0 aromatic heterocycles. The second-order valence-electron chi connectivity index (χ2n) is 9.44. The van der Waals surface area contributed by atoms with Crippen LogP contribution in [-0.2, 0) is 74.9 Å². The van der Waals surface area contributed by atoms with Gasteiger partial charge in [-0.15, -0.1) is 0 Å². The van der Waals surface area contributed by atoms with Gasteiger partial charge in [0.15, 0.2) is 0 Å². The standard InChI is InChI=1S/C25H44N4O19P2/c30-7-3-23(34)28-21(15-41-9-1-11-43-19-32)17-47-49(37,38)45-13-5-26-25(36)27-6-14-46-50(39,40)48-18-22(29-24(35)4-8-31)16-42-10-2-12-44-20-33/h7-8,19-22H,1-6,9-18H2,(H,28,34)(H,29,35)(H,37,38)(H,39,40)(H2,26,27,36)/t21-,22-/m1/s1. The number of ether oxygens (including phenoxy) is 4. The lowest BCUT2D eigenvalue weighted by molar-refractivity contribution is -0.130. The third kappa shape index (κ3) is 28.5. The van der Waals surface area contributed by atoms with Gasteiger partial charge in [0.2, 0.25) is 11.8 Å². The molecule has 2 unspecified atom stereocenters. The lowest BCUT2D eigenvalue weighted by Gasteiger charge is -2.20. The molecule has 0 aromatic rings. The summed E-state index contributed by atoms with van der Waals surface area (Å²) in [7, 11) is -9.33. The summed E-state index contributed by atoms with van der Waals surface area (Å²) in [5.74, 6) is -1.37. The Balaban J connectivity index is 4.45. The molecule has 4 atom stereocenters. The van der Waals surface area contributed by atoms with Gasteiger partial charge >= 0.3 is 21.7 Å². The van der Waals surface area contributed by atoms with Crippen LogP contribution in [0.4, 0.5) is 4.79 Å². The van der Waals surface area contributed by atoms with E-state index in [2.05, 4.69) is 30.7 Å². The van der Waals surface area contributed by atoms with Gasteiger partial charge in [-0.05, 0) is 0 Å². The fraction of sp³-hybridized carbons (Fsp3) is 0.720. The Hall–Kier alpha value is -3.37. The number of hydrogen-bond acceptors (Lipinski definition) is 17. The van der Waals surface area contributed by atoms with Crippen molar-refractivity contribution in [2.45, 2.75) is 37.8 Å². The van der Waals surface area contributed by atoms with Crippen molar-refractivity contribution < 1.29 is 89.5 Å². The van der Waals surface area contributed by atoms with E-state index in [1.807, 2.05) is 0 Å². The van der Waals surface area contributed by atoms with Gasteiger partial charge in [0, 0.05) is 39.1 Å². The molecule has 0 aromatic carbocycles. The zero-order chi connectivity index (χ0) is 37.5. The molecule has 50 heavy (non-hydrogen) atoms. The molecule has 0 saturated carbocycles. The maximum Gasteiger partial charge on any atom is 0.472 e. The van der Waals surface area contributed by atoms with Crippen molar-refractivity contribution in [3.8, 4) is 0 Å². The largest absolute Gasteiger partial charge is 0.472 e. The maximum atomic E-state index is 12.2. The highest BCUT2D eigenvalue weighted by molar-refractivity contribution is 7.47. The quantitative estimate of drug-likeness (QED) is 0.0176. The first-order chi connectivity index (χ1) is 23.9. The van der Waals surface area contributed by atoms with E-state index in [0.29, 0.717) is 25.4 Å². The topological polar surface area (TPSA) is 316 Å². The van der Waals surface area contributed by atoms with Crippen molar-refractivity contribution in [3.05, 3.63) is 0 Å². The normalized spacial score (nSPS) is 14.4. The number of phosphoric acid groups is 2. The van der Waals surface area contributed by atoms with Gasteiger partial charge in [-0.2, -0.15) is 0 Å². The minimum atomic E-state index is -4.66. The van der Waals surface area contributed by atoms with Crippen LogP contribution in [0.5, 0.6) is 0 Å². The van der Waals surface area contributed by atoms with Gasteiger partial charge in [-0.25, -0.2) is 13.9 Å². The van der Waals surface area contributed by atoms with Crippen LogP contribution in [0.15, 0.2) is 0 Å². The molecule has 0 radical (unpaired) electrons. The van der Waals surface area contributed by atoms with E-state index in [9.17, 15) is 52.5 Å². The van der Waals surface area contributed by atoms with Crippen LogP contribution in [0.25, 0.3) is 0 Å². The molecule has 0 fully saturated rings. The summed E-state index contributed by atoms with van der Waals surface area (Å²) in [6.07, 6.45) is 0.476. The highest BCUT2D eigenvalue weighted by Gasteiger charge is 2.26. The summed E-state index contributed by atoms with van der Waals surface area (Å²) >= 11 is 0. The number of rotatable bonds is 34. The van der Waals surface area contributed by atoms with E-state index >= 15 is 0 Å². The molecule has 0 rings (SSSR count). The van der Waals surface area contributed by atoms with Gasteiger partial charge in [0.1, 0.15) is 12.6 Å². The first-order valence-electron chi connectivity index (χ1n) is 14.8. The fourth-order valence-electron chi connectivity index (χ4n) is 3.18. The first-order valence-corrected chi connectivity index (χ1v) is 17.8. The van der Waals surface area contributed by atoms with Crippen molar-refractivity contribution in [2.24, 2.45) is 0 Å². The number of hydrogen-bond donors (Lipinski definition) is 6. The Morgan fingerprint density at radius 1 is 0.580 bits per heavy atom. The summed E-state index contributed by atoms with van der Waals surface area (Å²) in [6.45, 7) is -2.01. The molecule has 23 nitrogen and oxygen atoms in total. The molecule has 0 aliphatic heterocycles. The van der Waals surface area contributed by atoms with Gasteiger partial charge in [-0.1, -0.05) is 0 Å². The summed E-state index contributed by atoms with van der Waals surface area (Å²) in [5, 5.41) is 9.35. The number of urea groups is 1. The van der Waals surface area contributed by atoms with Crippen LogP contribution in [0, 0.1) is 0 Å². The predicted octanol–water partition coefficient (Wildman–Crippen LogP) is -2.14. The lowest BCUT2D eigenvalue weighted by atomic mass is 10.3.